The molecule has 1 fully saturated rings. The molecule has 0 saturated carbocycles. The van der Waals surface area contributed by atoms with Gasteiger partial charge in [0.25, 0.3) is 0 Å². The van der Waals surface area contributed by atoms with Crippen LogP contribution in [0.5, 0.6) is 0 Å². The van der Waals surface area contributed by atoms with Crippen LogP contribution in [0.1, 0.15) is 36.5 Å². The van der Waals surface area contributed by atoms with E-state index < -0.39 is 0 Å². The number of benzene rings is 1. The van der Waals surface area contributed by atoms with Gasteiger partial charge in [0.15, 0.2) is 5.82 Å². The molecule has 1 aliphatic rings. The molecule has 2 heterocycles. The second-order valence-electron chi connectivity index (χ2n) is 5.52. The quantitative estimate of drug-likeness (QED) is 0.915. The molecular formula is C16H21N3O2. The molecule has 1 aliphatic heterocycles. The van der Waals surface area contributed by atoms with Crippen molar-refractivity contribution in [2.45, 2.75) is 45.3 Å². The van der Waals surface area contributed by atoms with Crippen LogP contribution >= 0.6 is 0 Å². The van der Waals surface area contributed by atoms with Gasteiger partial charge in [-0.1, -0.05) is 22.9 Å². The number of hydrogen-bond acceptors (Lipinski definition) is 5. The van der Waals surface area contributed by atoms with Gasteiger partial charge in [-0.05, 0) is 38.3 Å². The van der Waals surface area contributed by atoms with E-state index in [0.29, 0.717) is 12.4 Å². The third-order valence-corrected chi connectivity index (χ3v) is 3.69. The fraction of sp³-hybridized carbons (Fsp3) is 0.500. The zero-order chi connectivity index (χ0) is 14.5. The average Bonchev–Trinajstić information content (AvgIpc) is 2.95. The summed E-state index contributed by atoms with van der Waals surface area (Å²) in [5.74, 6) is 1.35. The van der Waals surface area contributed by atoms with Crippen molar-refractivity contribution in [2.24, 2.45) is 0 Å². The molecular weight excluding hydrogens is 266 g/mol. The van der Waals surface area contributed by atoms with Crippen molar-refractivity contribution in [3.63, 3.8) is 0 Å². The van der Waals surface area contributed by atoms with Crippen LogP contribution in [0.2, 0.25) is 0 Å². The summed E-state index contributed by atoms with van der Waals surface area (Å²) in [6, 6.07) is 8.23. The summed E-state index contributed by atoms with van der Waals surface area (Å²) in [7, 11) is 0. The van der Waals surface area contributed by atoms with Crippen molar-refractivity contribution in [1.29, 1.82) is 0 Å². The van der Waals surface area contributed by atoms with Crippen molar-refractivity contribution in [3.05, 3.63) is 41.5 Å². The van der Waals surface area contributed by atoms with E-state index in [-0.39, 0.29) is 6.10 Å². The molecule has 1 saturated heterocycles. The SMILES string of the molecule is Cc1ccc(NCc2nc(CC3CCCCO3)no2)cc1. The lowest BCUT2D eigenvalue weighted by Crippen LogP contribution is -2.21. The molecule has 0 bridgehead atoms. The second-order valence-corrected chi connectivity index (χ2v) is 5.52. The minimum Gasteiger partial charge on any atom is -0.378 e. The highest BCUT2D eigenvalue weighted by Gasteiger charge is 2.17. The Kier molecular flexibility index (Phi) is 4.50. The molecule has 1 aromatic heterocycles. The topological polar surface area (TPSA) is 60.2 Å². The summed E-state index contributed by atoms with van der Waals surface area (Å²) in [4.78, 5) is 4.42. The smallest absolute Gasteiger partial charge is 0.245 e. The molecule has 1 unspecified atom stereocenters. The average molecular weight is 287 g/mol. The van der Waals surface area contributed by atoms with Crippen LogP contribution in [-0.4, -0.2) is 22.9 Å². The zero-order valence-corrected chi connectivity index (χ0v) is 12.3. The fourth-order valence-corrected chi connectivity index (χ4v) is 2.47. The molecule has 5 nitrogen and oxygen atoms in total. The summed E-state index contributed by atoms with van der Waals surface area (Å²) in [6.45, 7) is 3.47. The van der Waals surface area contributed by atoms with E-state index in [1.54, 1.807) is 0 Å². The van der Waals surface area contributed by atoms with E-state index in [1.165, 1.54) is 12.0 Å². The van der Waals surface area contributed by atoms with Crippen molar-refractivity contribution in [3.8, 4) is 0 Å². The Morgan fingerprint density at radius 1 is 1.24 bits per heavy atom. The first-order valence-corrected chi connectivity index (χ1v) is 7.53. The Labute approximate surface area is 124 Å². The van der Waals surface area contributed by atoms with Gasteiger partial charge in [0.2, 0.25) is 5.89 Å². The molecule has 1 atom stereocenters. The van der Waals surface area contributed by atoms with Gasteiger partial charge >= 0.3 is 0 Å². The van der Waals surface area contributed by atoms with Gasteiger partial charge in [-0.3, -0.25) is 0 Å². The van der Waals surface area contributed by atoms with E-state index in [9.17, 15) is 0 Å². The van der Waals surface area contributed by atoms with Crippen LogP contribution in [0.4, 0.5) is 5.69 Å². The molecule has 112 valence electrons. The molecule has 21 heavy (non-hydrogen) atoms. The molecule has 0 spiro atoms. The standard InChI is InChI=1S/C16H21N3O2/c1-12-5-7-13(8-6-12)17-11-16-18-15(19-21-16)10-14-4-2-3-9-20-14/h5-8,14,17H,2-4,9-11H2,1H3. The number of aryl methyl sites for hydroxylation is 1. The van der Waals surface area contributed by atoms with Crippen molar-refractivity contribution >= 4 is 5.69 Å². The number of aromatic nitrogens is 2. The van der Waals surface area contributed by atoms with Crippen molar-refractivity contribution in [2.75, 3.05) is 11.9 Å². The van der Waals surface area contributed by atoms with Crippen molar-refractivity contribution < 1.29 is 9.26 Å². The fourth-order valence-electron chi connectivity index (χ4n) is 2.47. The Hall–Kier alpha value is -1.88. The molecule has 0 aliphatic carbocycles. The number of anilines is 1. The third kappa shape index (κ3) is 4.04. The maximum Gasteiger partial charge on any atom is 0.245 e. The highest BCUT2D eigenvalue weighted by Crippen LogP contribution is 2.16. The summed E-state index contributed by atoms with van der Waals surface area (Å²) in [5.41, 5.74) is 2.30. The summed E-state index contributed by atoms with van der Waals surface area (Å²) in [5, 5.41) is 7.31. The van der Waals surface area contributed by atoms with Gasteiger partial charge < -0.3 is 14.6 Å². The zero-order valence-electron chi connectivity index (χ0n) is 12.3. The summed E-state index contributed by atoms with van der Waals surface area (Å²) in [6.07, 6.45) is 4.47. The minimum absolute atomic E-state index is 0.245. The van der Waals surface area contributed by atoms with Crippen LogP contribution in [-0.2, 0) is 17.7 Å². The highest BCUT2D eigenvalue weighted by molar-refractivity contribution is 5.44. The van der Waals surface area contributed by atoms with Gasteiger partial charge in [0, 0.05) is 18.7 Å². The van der Waals surface area contributed by atoms with Gasteiger partial charge in [-0.25, -0.2) is 0 Å². The predicted molar refractivity (Wildman–Crippen MR) is 80.1 cm³/mol. The van der Waals surface area contributed by atoms with Crippen molar-refractivity contribution in [1.82, 2.24) is 10.1 Å². The van der Waals surface area contributed by atoms with Gasteiger partial charge in [-0.2, -0.15) is 4.98 Å². The molecule has 2 aromatic rings. The van der Waals surface area contributed by atoms with Crippen LogP contribution < -0.4 is 5.32 Å². The molecule has 0 radical (unpaired) electrons. The Balaban J connectivity index is 1.51. The molecule has 3 rings (SSSR count). The van der Waals surface area contributed by atoms with E-state index in [4.69, 9.17) is 9.26 Å². The second kappa shape index (κ2) is 6.72. The van der Waals surface area contributed by atoms with Crippen LogP contribution in [0.15, 0.2) is 28.8 Å². The van der Waals surface area contributed by atoms with Crippen LogP contribution in [0.3, 0.4) is 0 Å². The first-order chi connectivity index (χ1) is 10.3. The number of nitrogens with one attached hydrogen (secondary N) is 1. The Morgan fingerprint density at radius 2 is 2.10 bits per heavy atom. The molecule has 5 heteroatoms. The summed E-state index contributed by atoms with van der Waals surface area (Å²) < 4.78 is 11.0. The normalized spacial score (nSPS) is 18.6. The number of rotatable bonds is 5. The first kappa shape index (κ1) is 14.1. The lowest BCUT2D eigenvalue weighted by molar-refractivity contribution is 0.0153. The van der Waals surface area contributed by atoms with E-state index in [1.807, 2.05) is 12.1 Å². The van der Waals surface area contributed by atoms with Crippen LogP contribution in [0, 0.1) is 6.92 Å². The first-order valence-electron chi connectivity index (χ1n) is 7.53. The molecule has 0 amide bonds. The number of nitrogens with zero attached hydrogens (tertiary/aromatic N) is 2. The monoisotopic (exact) mass is 287 g/mol. The minimum atomic E-state index is 0.245. The van der Waals surface area contributed by atoms with Gasteiger partial charge in [0.1, 0.15) is 0 Å². The maximum absolute atomic E-state index is 5.69. The molecule has 1 aromatic carbocycles. The predicted octanol–water partition coefficient (Wildman–Crippen LogP) is 3.10. The lowest BCUT2D eigenvalue weighted by atomic mass is 10.1. The Morgan fingerprint density at radius 3 is 2.86 bits per heavy atom. The van der Waals surface area contributed by atoms with Crippen LogP contribution in [0.25, 0.3) is 0 Å². The van der Waals surface area contributed by atoms with E-state index in [0.717, 1.165) is 37.4 Å². The summed E-state index contributed by atoms with van der Waals surface area (Å²) >= 11 is 0. The largest absolute Gasteiger partial charge is 0.378 e. The lowest BCUT2D eigenvalue weighted by Gasteiger charge is -2.20. The van der Waals surface area contributed by atoms with E-state index in [2.05, 4.69) is 34.5 Å². The maximum atomic E-state index is 5.69. The Bertz CT molecular complexity index is 559. The van der Waals surface area contributed by atoms with Gasteiger partial charge in [-0.15, -0.1) is 0 Å². The molecule has 1 N–H and O–H groups in total. The highest BCUT2D eigenvalue weighted by atomic mass is 16.5. The van der Waals surface area contributed by atoms with Gasteiger partial charge in [0.05, 0.1) is 12.6 Å². The number of ether oxygens (including phenoxy) is 1. The third-order valence-electron chi connectivity index (χ3n) is 3.69. The van der Waals surface area contributed by atoms with E-state index >= 15 is 0 Å². The number of hydrogen-bond donors (Lipinski definition) is 1.